The van der Waals surface area contributed by atoms with Crippen molar-refractivity contribution in [1.82, 2.24) is 0 Å². The van der Waals surface area contributed by atoms with Crippen molar-refractivity contribution in [1.29, 1.82) is 0 Å². The summed E-state index contributed by atoms with van der Waals surface area (Å²) in [6.07, 6.45) is 0.952. The molecule has 0 aliphatic carbocycles. The minimum absolute atomic E-state index is 0.571. The van der Waals surface area contributed by atoms with Gasteiger partial charge in [0.05, 0.1) is 0 Å². The summed E-state index contributed by atoms with van der Waals surface area (Å²) in [4.78, 5) is 0. The van der Waals surface area contributed by atoms with Gasteiger partial charge in [-0.2, -0.15) is 0 Å². The third-order valence-corrected chi connectivity index (χ3v) is 6.53. The molecule has 0 aromatic heterocycles. The molecule has 3 nitrogen and oxygen atoms in total. The first-order valence-electron chi connectivity index (χ1n) is 5.85. The minimum Gasteiger partial charge on any atom is -0.422 e. The van der Waals surface area contributed by atoms with Gasteiger partial charge in [-0.05, 0) is 32.9 Å². The van der Waals surface area contributed by atoms with Crippen LogP contribution in [0.1, 0.15) is 27.2 Å². The average Bonchev–Trinajstić information content (AvgIpc) is 2.25. The van der Waals surface area contributed by atoms with Gasteiger partial charge in [0.1, 0.15) is 0 Å². The fourth-order valence-corrected chi connectivity index (χ4v) is 5.27. The summed E-state index contributed by atoms with van der Waals surface area (Å²) in [5, 5.41) is 0. The maximum absolute atomic E-state index is 5.74. The molecule has 0 aliphatic heterocycles. The van der Waals surface area contributed by atoms with Crippen molar-refractivity contribution in [3.8, 4) is 0 Å². The van der Waals surface area contributed by atoms with E-state index in [4.69, 9.17) is 38.1 Å². The van der Waals surface area contributed by atoms with E-state index in [2.05, 4.69) is 0 Å². The van der Waals surface area contributed by atoms with Crippen LogP contribution in [0.5, 0.6) is 0 Å². The van der Waals surface area contributed by atoms with E-state index in [1.54, 1.807) is 0 Å². The van der Waals surface area contributed by atoms with E-state index >= 15 is 0 Å². The van der Waals surface area contributed by atoms with Crippen molar-refractivity contribution >= 4 is 48.9 Å². The zero-order chi connectivity index (χ0) is 13.1. The van der Waals surface area contributed by atoms with Crippen LogP contribution in [0.2, 0.25) is 6.04 Å². The zero-order valence-corrected chi connectivity index (χ0v) is 14.1. The first-order chi connectivity index (χ1) is 8.10. The van der Waals surface area contributed by atoms with Gasteiger partial charge >= 0.3 is 8.80 Å². The van der Waals surface area contributed by atoms with Gasteiger partial charge in [-0.25, -0.2) is 0 Å². The molecule has 0 saturated carbocycles. The highest BCUT2D eigenvalue weighted by Gasteiger charge is 2.39. The Kier molecular flexibility index (Phi) is 11.1. The first-order valence-corrected chi connectivity index (χ1v) is 9.59. The predicted molar refractivity (Wildman–Crippen MR) is 82.5 cm³/mol. The average molecular weight is 314 g/mol. The highest BCUT2D eigenvalue weighted by Crippen LogP contribution is 2.20. The third-order valence-electron chi connectivity index (χ3n) is 1.94. The second-order valence-corrected chi connectivity index (χ2v) is 8.61. The molecule has 0 rings (SSSR count). The van der Waals surface area contributed by atoms with E-state index in [-0.39, 0.29) is 0 Å². The highest BCUT2D eigenvalue weighted by atomic mass is 32.2. The molecule has 0 unspecified atom stereocenters. The van der Waals surface area contributed by atoms with E-state index in [0.717, 1.165) is 18.2 Å². The Morgan fingerprint density at radius 2 is 1.59 bits per heavy atom. The second-order valence-electron chi connectivity index (χ2n) is 3.18. The van der Waals surface area contributed by atoms with Crippen LogP contribution in [0, 0.1) is 0 Å². The Morgan fingerprint density at radius 3 is 1.94 bits per heavy atom. The van der Waals surface area contributed by atoms with Crippen molar-refractivity contribution in [2.75, 3.05) is 25.6 Å². The molecule has 0 aromatic rings. The smallest absolute Gasteiger partial charge is 0.422 e. The number of rotatable bonds is 10. The zero-order valence-electron chi connectivity index (χ0n) is 10.7. The summed E-state index contributed by atoms with van der Waals surface area (Å²) < 4.78 is 17.8. The van der Waals surface area contributed by atoms with Crippen molar-refractivity contribution in [3.05, 3.63) is 0 Å². The summed E-state index contributed by atoms with van der Waals surface area (Å²) in [7, 11) is -2.46. The van der Waals surface area contributed by atoms with Gasteiger partial charge in [0, 0.05) is 25.9 Å². The standard InChI is InChI=1S/C10H22O3S3Si/c1-4-11-17(12-5-2,13-6-3)9-7-8-16-10(14)15/h4-9H2,1-3H3,(H,14,15)/p-1. The van der Waals surface area contributed by atoms with Crippen LogP contribution in [0.25, 0.3) is 0 Å². The molecule has 0 fully saturated rings. The van der Waals surface area contributed by atoms with Crippen LogP contribution in [-0.4, -0.2) is 37.9 Å². The minimum atomic E-state index is -2.46. The van der Waals surface area contributed by atoms with Crippen molar-refractivity contribution in [2.24, 2.45) is 0 Å². The quantitative estimate of drug-likeness (QED) is 0.266. The number of thioether (sulfide) groups is 1. The molecule has 7 heteroatoms. The van der Waals surface area contributed by atoms with Gasteiger partial charge < -0.3 is 38.1 Å². The van der Waals surface area contributed by atoms with Gasteiger partial charge in [-0.15, -0.1) is 11.8 Å². The molecule has 0 amide bonds. The van der Waals surface area contributed by atoms with E-state index in [0.29, 0.717) is 23.3 Å². The molecule has 0 saturated heterocycles. The molecule has 0 spiro atoms. The van der Waals surface area contributed by atoms with Crippen LogP contribution < -0.4 is 0 Å². The molecule has 0 N–H and O–H groups in total. The maximum Gasteiger partial charge on any atom is 0.500 e. The van der Waals surface area contributed by atoms with E-state index < -0.39 is 8.80 Å². The molecule has 0 aliphatic rings. The molecule has 0 heterocycles. The van der Waals surface area contributed by atoms with E-state index in [1.165, 1.54) is 11.8 Å². The number of hydrogen-bond donors (Lipinski definition) is 0. The van der Waals surface area contributed by atoms with Gasteiger partial charge in [-0.1, -0.05) is 3.53 Å². The lowest BCUT2D eigenvalue weighted by atomic mass is 10.6. The first kappa shape index (κ1) is 17.8. The van der Waals surface area contributed by atoms with Crippen LogP contribution in [0.4, 0.5) is 0 Å². The van der Waals surface area contributed by atoms with Crippen LogP contribution >= 0.6 is 24.0 Å². The molecular weight excluding hydrogens is 292 g/mol. The Morgan fingerprint density at radius 1 is 1.12 bits per heavy atom. The van der Waals surface area contributed by atoms with E-state index in [1.807, 2.05) is 20.8 Å². The largest absolute Gasteiger partial charge is 0.500 e. The SMILES string of the molecule is CCO[Si](CCCSC(=S)[S-])(OCC)OCC. The fourth-order valence-electron chi connectivity index (χ4n) is 1.45. The monoisotopic (exact) mass is 313 g/mol. The predicted octanol–water partition coefficient (Wildman–Crippen LogP) is 2.99. The van der Waals surface area contributed by atoms with Crippen molar-refractivity contribution in [2.45, 2.75) is 33.2 Å². The lowest BCUT2D eigenvalue weighted by Gasteiger charge is -2.28. The third kappa shape index (κ3) is 8.47. The fraction of sp³-hybridized carbons (Fsp3) is 0.900. The van der Waals surface area contributed by atoms with Crippen molar-refractivity contribution in [3.63, 3.8) is 0 Å². The summed E-state index contributed by atoms with van der Waals surface area (Å²) in [6.45, 7) is 7.77. The molecular formula is C10H21O3S3Si-. The maximum atomic E-state index is 5.74. The molecule has 0 bridgehead atoms. The summed E-state index contributed by atoms with van der Waals surface area (Å²) in [5.74, 6) is 0.907. The highest BCUT2D eigenvalue weighted by molar-refractivity contribution is 8.36. The number of hydrogen-bond acceptors (Lipinski definition) is 6. The molecule has 17 heavy (non-hydrogen) atoms. The van der Waals surface area contributed by atoms with Gasteiger partial charge in [0.2, 0.25) is 0 Å². The van der Waals surface area contributed by atoms with Gasteiger partial charge in [0.15, 0.2) is 0 Å². The Hall–Kier alpha value is 0.757. The van der Waals surface area contributed by atoms with Crippen LogP contribution in [-0.2, 0) is 25.9 Å². The Balaban J connectivity index is 4.18. The topological polar surface area (TPSA) is 27.7 Å². The molecule has 0 atom stereocenters. The second kappa shape index (κ2) is 10.7. The van der Waals surface area contributed by atoms with Gasteiger partial charge in [0.25, 0.3) is 0 Å². The molecule has 0 radical (unpaired) electrons. The summed E-state index contributed by atoms with van der Waals surface area (Å²) >= 11 is 11.2. The lowest BCUT2D eigenvalue weighted by Crippen LogP contribution is -2.46. The van der Waals surface area contributed by atoms with Crippen LogP contribution in [0.3, 0.4) is 0 Å². The lowest BCUT2D eigenvalue weighted by molar-refractivity contribution is 0.0712. The molecule has 102 valence electrons. The van der Waals surface area contributed by atoms with Crippen LogP contribution in [0.15, 0.2) is 0 Å². The van der Waals surface area contributed by atoms with Gasteiger partial charge in [-0.3, -0.25) is 0 Å². The summed E-state index contributed by atoms with van der Waals surface area (Å²) in [6, 6.07) is 0.827. The van der Waals surface area contributed by atoms with E-state index in [9.17, 15) is 0 Å². The summed E-state index contributed by atoms with van der Waals surface area (Å²) in [5.41, 5.74) is 0. The molecule has 0 aromatic carbocycles. The van der Waals surface area contributed by atoms with Crippen molar-refractivity contribution < 1.29 is 13.3 Å². The Bertz CT molecular complexity index is 200. The number of thiocarbonyl (C=S) groups is 1. The Labute approximate surface area is 121 Å². The normalized spacial score (nSPS) is 11.7.